The molecule has 0 radical (unpaired) electrons. The van der Waals surface area contributed by atoms with E-state index in [2.05, 4.69) is 38.7 Å². The first-order valence-corrected chi connectivity index (χ1v) is 11.4. The van der Waals surface area contributed by atoms with Crippen molar-refractivity contribution in [2.24, 2.45) is 5.10 Å². The fourth-order valence-electron chi connectivity index (χ4n) is 2.90. The summed E-state index contributed by atoms with van der Waals surface area (Å²) >= 11 is 3.50. The Balaban J connectivity index is 1.53. The Labute approximate surface area is 200 Å². The Morgan fingerprint density at radius 1 is 1.15 bits per heavy atom. The quantitative estimate of drug-likeness (QED) is 0.266. The van der Waals surface area contributed by atoms with Crippen LogP contribution in [-0.4, -0.2) is 44.6 Å². The maximum Gasteiger partial charge on any atom is 0.259 e. The normalized spacial score (nSPS) is 12.0. The van der Waals surface area contributed by atoms with Crippen molar-refractivity contribution in [2.75, 3.05) is 26.6 Å². The number of amides is 2. The second kappa shape index (κ2) is 12.1. The molecule has 33 heavy (non-hydrogen) atoms. The summed E-state index contributed by atoms with van der Waals surface area (Å²) in [7, 11) is 0. The number of carbonyl (C=O) groups excluding carboxylic acids is 2. The van der Waals surface area contributed by atoms with E-state index in [0.29, 0.717) is 47.3 Å². The van der Waals surface area contributed by atoms with Crippen LogP contribution in [-0.2, 0) is 4.79 Å². The molecule has 0 aliphatic carbocycles. The first kappa shape index (κ1) is 24.4. The zero-order valence-corrected chi connectivity index (χ0v) is 20.1. The summed E-state index contributed by atoms with van der Waals surface area (Å²) in [5.41, 5.74) is 3.46. The first-order valence-electron chi connectivity index (χ1n) is 10.6. The molecule has 0 saturated carbocycles. The topological polar surface area (TPSA) is 107 Å². The number of halogens is 1. The summed E-state index contributed by atoms with van der Waals surface area (Å²) in [5, 5.41) is 6.50. The lowest BCUT2D eigenvalue weighted by Crippen LogP contribution is -2.34. The molecule has 2 amide bonds. The average molecular weight is 520 g/mol. The molecule has 0 spiro atoms. The van der Waals surface area contributed by atoms with Crippen molar-refractivity contribution in [1.29, 1.82) is 0 Å². The van der Waals surface area contributed by atoms with E-state index in [1.807, 2.05) is 13.0 Å². The van der Waals surface area contributed by atoms with Crippen molar-refractivity contribution in [3.05, 3.63) is 45.9 Å². The van der Waals surface area contributed by atoms with Gasteiger partial charge in [-0.3, -0.25) is 9.59 Å². The van der Waals surface area contributed by atoms with Gasteiger partial charge in [0.2, 0.25) is 6.79 Å². The van der Waals surface area contributed by atoms with Crippen LogP contribution in [0.25, 0.3) is 0 Å². The monoisotopic (exact) mass is 519 g/mol. The van der Waals surface area contributed by atoms with Crippen LogP contribution < -0.4 is 29.7 Å². The first-order chi connectivity index (χ1) is 16.0. The van der Waals surface area contributed by atoms with Gasteiger partial charge in [0.1, 0.15) is 0 Å². The molecule has 9 nitrogen and oxygen atoms in total. The summed E-state index contributed by atoms with van der Waals surface area (Å²) in [6, 6.07) is 8.42. The van der Waals surface area contributed by atoms with Gasteiger partial charge < -0.3 is 24.3 Å². The standard InChI is InChI=1S/C23H26BrN3O6/c1-3-5-8-31-22-17(24)9-15(10-20(22)30-4-2)12-26-27-21(28)13-25-23(29)16-6-7-18-19(11-16)33-14-32-18/h6-7,9-12H,3-5,8,13-14H2,1-2H3,(H,25,29)(H,27,28)/b26-12+. The minimum absolute atomic E-state index is 0.123. The van der Waals surface area contributed by atoms with Crippen LogP contribution in [0.3, 0.4) is 0 Å². The SMILES string of the molecule is CCCCOc1c(Br)cc(/C=N/NC(=O)CNC(=O)c2ccc3c(c2)OCO3)cc1OCC. The van der Waals surface area contributed by atoms with E-state index < -0.39 is 11.8 Å². The van der Waals surface area contributed by atoms with Gasteiger partial charge in [-0.15, -0.1) is 0 Å². The molecule has 0 atom stereocenters. The molecule has 2 N–H and O–H groups in total. The van der Waals surface area contributed by atoms with Gasteiger partial charge in [-0.1, -0.05) is 13.3 Å². The van der Waals surface area contributed by atoms with Crippen molar-refractivity contribution < 1.29 is 28.5 Å². The Hall–Kier alpha value is -3.27. The number of hydrogen-bond acceptors (Lipinski definition) is 7. The summed E-state index contributed by atoms with van der Waals surface area (Å²) < 4.78 is 22.7. The predicted octanol–water partition coefficient (Wildman–Crippen LogP) is 3.64. The van der Waals surface area contributed by atoms with E-state index in [-0.39, 0.29) is 13.3 Å². The van der Waals surface area contributed by atoms with Crippen LogP contribution in [0.5, 0.6) is 23.0 Å². The minimum Gasteiger partial charge on any atom is -0.490 e. The maximum atomic E-state index is 12.3. The molecule has 0 saturated heterocycles. The van der Waals surface area contributed by atoms with Crippen molar-refractivity contribution >= 4 is 34.0 Å². The van der Waals surface area contributed by atoms with Crippen molar-refractivity contribution in [1.82, 2.24) is 10.7 Å². The zero-order valence-electron chi connectivity index (χ0n) is 18.5. The van der Waals surface area contributed by atoms with Crippen LogP contribution in [0, 0.1) is 0 Å². The van der Waals surface area contributed by atoms with Gasteiger partial charge in [0.05, 0.1) is 30.4 Å². The van der Waals surface area contributed by atoms with E-state index in [9.17, 15) is 9.59 Å². The number of fused-ring (bicyclic) bond motifs is 1. The largest absolute Gasteiger partial charge is 0.490 e. The number of benzene rings is 2. The second-order valence-corrected chi connectivity index (χ2v) is 7.86. The average Bonchev–Trinajstić information content (AvgIpc) is 3.27. The molecule has 0 bridgehead atoms. The highest BCUT2D eigenvalue weighted by Gasteiger charge is 2.16. The lowest BCUT2D eigenvalue weighted by atomic mass is 10.2. The predicted molar refractivity (Wildman–Crippen MR) is 126 cm³/mol. The molecule has 10 heteroatoms. The molecule has 176 valence electrons. The molecular weight excluding hydrogens is 494 g/mol. The third kappa shape index (κ3) is 6.85. The van der Waals surface area contributed by atoms with Crippen LogP contribution >= 0.6 is 15.9 Å². The van der Waals surface area contributed by atoms with E-state index in [1.54, 1.807) is 24.3 Å². The summed E-state index contributed by atoms with van der Waals surface area (Å²) in [6.07, 6.45) is 3.46. The van der Waals surface area contributed by atoms with Gasteiger partial charge in [0.15, 0.2) is 23.0 Å². The minimum atomic E-state index is -0.469. The van der Waals surface area contributed by atoms with Gasteiger partial charge in [-0.05, 0) is 65.2 Å². The highest BCUT2D eigenvalue weighted by atomic mass is 79.9. The molecule has 1 heterocycles. The van der Waals surface area contributed by atoms with E-state index >= 15 is 0 Å². The number of rotatable bonds is 11. The Morgan fingerprint density at radius 3 is 2.76 bits per heavy atom. The number of hydrogen-bond donors (Lipinski definition) is 2. The molecular formula is C23H26BrN3O6. The summed E-state index contributed by atoms with van der Waals surface area (Å²) in [4.78, 5) is 24.3. The second-order valence-electron chi connectivity index (χ2n) is 7.01. The smallest absolute Gasteiger partial charge is 0.259 e. The summed E-state index contributed by atoms with van der Waals surface area (Å²) in [5.74, 6) is 1.43. The molecule has 1 aliphatic rings. The van der Waals surface area contributed by atoms with Crippen molar-refractivity contribution in [3.63, 3.8) is 0 Å². The fraction of sp³-hybridized carbons (Fsp3) is 0.348. The maximum absolute atomic E-state index is 12.3. The lowest BCUT2D eigenvalue weighted by molar-refractivity contribution is -0.120. The van der Waals surface area contributed by atoms with E-state index in [1.165, 1.54) is 6.21 Å². The Bertz CT molecular complexity index is 1030. The van der Waals surface area contributed by atoms with Crippen LogP contribution in [0.2, 0.25) is 0 Å². The fourth-order valence-corrected chi connectivity index (χ4v) is 3.48. The molecule has 2 aromatic rings. The zero-order chi connectivity index (χ0) is 23.6. The number of carbonyl (C=O) groups is 2. The third-order valence-electron chi connectivity index (χ3n) is 4.52. The Kier molecular flexibility index (Phi) is 8.94. The molecule has 2 aromatic carbocycles. The summed E-state index contributed by atoms with van der Waals surface area (Å²) in [6.45, 7) is 4.95. The number of unbranched alkanes of at least 4 members (excludes halogenated alkanes) is 1. The molecule has 0 aromatic heterocycles. The Morgan fingerprint density at radius 2 is 1.97 bits per heavy atom. The molecule has 3 rings (SSSR count). The van der Waals surface area contributed by atoms with Gasteiger partial charge in [-0.25, -0.2) is 5.43 Å². The van der Waals surface area contributed by atoms with E-state index in [4.69, 9.17) is 18.9 Å². The van der Waals surface area contributed by atoms with Crippen LogP contribution in [0.4, 0.5) is 0 Å². The van der Waals surface area contributed by atoms with Gasteiger partial charge in [0, 0.05) is 5.56 Å². The lowest BCUT2D eigenvalue weighted by Gasteiger charge is -2.14. The van der Waals surface area contributed by atoms with E-state index in [0.717, 1.165) is 17.3 Å². The molecule has 0 fully saturated rings. The van der Waals surface area contributed by atoms with Crippen molar-refractivity contribution in [3.8, 4) is 23.0 Å². The van der Waals surface area contributed by atoms with Crippen LogP contribution in [0.15, 0.2) is 39.9 Å². The third-order valence-corrected chi connectivity index (χ3v) is 5.11. The van der Waals surface area contributed by atoms with Gasteiger partial charge >= 0.3 is 0 Å². The van der Waals surface area contributed by atoms with Crippen molar-refractivity contribution in [2.45, 2.75) is 26.7 Å². The number of nitrogens with zero attached hydrogens (tertiary/aromatic N) is 1. The number of nitrogens with one attached hydrogen (secondary N) is 2. The highest BCUT2D eigenvalue weighted by molar-refractivity contribution is 9.10. The molecule has 1 aliphatic heterocycles. The van der Waals surface area contributed by atoms with Crippen LogP contribution in [0.1, 0.15) is 42.6 Å². The van der Waals surface area contributed by atoms with Gasteiger partial charge in [-0.2, -0.15) is 5.10 Å². The number of hydrazone groups is 1. The number of ether oxygens (including phenoxy) is 4. The van der Waals surface area contributed by atoms with Gasteiger partial charge in [0.25, 0.3) is 11.8 Å². The highest BCUT2D eigenvalue weighted by Crippen LogP contribution is 2.37. The molecule has 0 unspecified atom stereocenters.